The Morgan fingerprint density at radius 3 is 3.12 bits per heavy atom. The van der Waals surface area contributed by atoms with Gasteiger partial charge in [-0.2, -0.15) is 0 Å². The van der Waals surface area contributed by atoms with Gasteiger partial charge in [-0.3, -0.25) is 4.79 Å². The Balaban J connectivity index is 1.49. The summed E-state index contributed by atoms with van der Waals surface area (Å²) in [7, 11) is 0. The third-order valence-electron chi connectivity index (χ3n) is 4.24. The topological polar surface area (TPSA) is 45.2 Å². The van der Waals surface area contributed by atoms with Gasteiger partial charge in [0.1, 0.15) is 5.82 Å². The highest BCUT2D eigenvalue weighted by atomic mass is 35.5. The normalized spacial score (nSPS) is 17.2. The molecule has 1 aromatic heterocycles. The van der Waals surface area contributed by atoms with E-state index in [0.717, 1.165) is 24.5 Å². The molecule has 0 radical (unpaired) electrons. The summed E-state index contributed by atoms with van der Waals surface area (Å²) in [5.41, 5.74) is 0.402. The number of hydrogen-bond donors (Lipinski definition) is 1. The van der Waals surface area contributed by atoms with E-state index >= 15 is 0 Å². The second-order valence-corrected chi connectivity index (χ2v) is 7.09. The summed E-state index contributed by atoms with van der Waals surface area (Å²) < 4.78 is 13.7. The van der Waals surface area contributed by atoms with Gasteiger partial charge >= 0.3 is 0 Å². The van der Waals surface area contributed by atoms with Crippen LogP contribution in [0.4, 0.5) is 9.52 Å². The van der Waals surface area contributed by atoms with Crippen LogP contribution in [0.3, 0.4) is 0 Å². The van der Waals surface area contributed by atoms with Crippen LogP contribution in [0.15, 0.2) is 29.8 Å². The number of rotatable bonds is 6. The van der Waals surface area contributed by atoms with E-state index in [1.807, 2.05) is 5.38 Å². The molecule has 128 valence electrons. The Kier molecular flexibility index (Phi) is 5.68. The molecule has 2 aromatic rings. The van der Waals surface area contributed by atoms with Crippen LogP contribution in [0.25, 0.3) is 0 Å². The molecule has 0 unspecified atom stereocenters. The maximum absolute atomic E-state index is 13.7. The first-order chi connectivity index (χ1) is 11.6. The van der Waals surface area contributed by atoms with Crippen LogP contribution in [0.2, 0.25) is 5.02 Å². The fourth-order valence-corrected chi connectivity index (χ4v) is 3.99. The highest BCUT2D eigenvalue weighted by Crippen LogP contribution is 2.26. The first-order valence-corrected chi connectivity index (χ1v) is 9.26. The quantitative estimate of drug-likeness (QED) is 0.847. The minimum atomic E-state index is -0.360. The Morgan fingerprint density at radius 2 is 2.38 bits per heavy atom. The predicted octanol–water partition coefficient (Wildman–Crippen LogP) is 3.65. The molecule has 0 saturated carbocycles. The van der Waals surface area contributed by atoms with E-state index in [4.69, 9.17) is 11.6 Å². The molecule has 0 bridgehead atoms. The predicted molar refractivity (Wildman–Crippen MR) is 95.2 cm³/mol. The number of nitrogens with one attached hydrogen (secondary N) is 1. The van der Waals surface area contributed by atoms with Crippen molar-refractivity contribution in [2.75, 3.05) is 18.0 Å². The molecule has 1 amide bonds. The van der Waals surface area contributed by atoms with Crippen molar-refractivity contribution in [1.82, 2.24) is 10.3 Å². The van der Waals surface area contributed by atoms with Crippen LogP contribution >= 0.6 is 22.9 Å². The van der Waals surface area contributed by atoms with Gasteiger partial charge in [0.15, 0.2) is 5.13 Å². The molecule has 7 heteroatoms. The van der Waals surface area contributed by atoms with Gasteiger partial charge < -0.3 is 10.2 Å². The largest absolute Gasteiger partial charge is 0.354 e. The van der Waals surface area contributed by atoms with Crippen LogP contribution in [-0.4, -0.2) is 30.0 Å². The maximum Gasteiger partial charge on any atom is 0.220 e. The minimum absolute atomic E-state index is 0.0830. The number of thiazole rings is 1. The maximum atomic E-state index is 13.7. The molecule has 4 nitrogen and oxygen atoms in total. The van der Waals surface area contributed by atoms with Crippen molar-refractivity contribution < 1.29 is 9.18 Å². The SMILES string of the molecule is O=C(CCc1c(F)cccc1Cl)NC[C@@H]1CCCN1c1nccs1. The summed E-state index contributed by atoms with van der Waals surface area (Å²) in [6, 6.07) is 4.84. The molecule has 1 aliphatic heterocycles. The minimum Gasteiger partial charge on any atom is -0.354 e. The number of benzene rings is 1. The zero-order valence-electron chi connectivity index (χ0n) is 13.2. The summed E-state index contributed by atoms with van der Waals surface area (Å²) in [4.78, 5) is 18.7. The van der Waals surface area contributed by atoms with Crippen molar-refractivity contribution in [2.45, 2.75) is 31.7 Å². The fraction of sp³-hybridized carbons (Fsp3) is 0.412. The smallest absolute Gasteiger partial charge is 0.220 e. The fourth-order valence-electron chi connectivity index (χ4n) is 2.99. The summed E-state index contributed by atoms with van der Waals surface area (Å²) in [5, 5.41) is 6.29. The van der Waals surface area contributed by atoms with E-state index in [9.17, 15) is 9.18 Å². The van der Waals surface area contributed by atoms with Crippen LogP contribution in [-0.2, 0) is 11.2 Å². The highest BCUT2D eigenvalue weighted by Gasteiger charge is 2.26. The molecule has 1 atom stereocenters. The first kappa shape index (κ1) is 17.2. The van der Waals surface area contributed by atoms with Gasteiger partial charge in [0.25, 0.3) is 0 Å². The van der Waals surface area contributed by atoms with Crippen LogP contribution < -0.4 is 10.2 Å². The van der Waals surface area contributed by atoms with Crippen LogP contribution in [0, 0.1) is 5.82 Å². The molecule has 24 heavy (non-hydrogen) atoms. The molecule has 1 fully saturated rings. The number of nitrogens with zero attached hydrogens (tertiary/aromatic N) is 2. The number of carbonyl (C=O) groups is 1. The number of anilines is 1. The Hall–Kier alpha value is -1.66. The number of carbonyl (C=O) groups excluding carboxylic acids is 1. The van der Waals surface area contributed by atoms with Gasteiger partial charge in [-0.15, -0.1) is 11.3 Å². The van der Waals surface area contributed by atoms with E-state index in [0.29, 0.717) is 23.6 Å². The van der Waals surface area contributed by atoms with Gasteiger partial charge in [0.2, 0.25) is 5.91 Å². The van der Waals surface area contributed by atoms with Gasteiger partial charge in [0, 0.05) is 47.7 Å². The monoisotopic (exact) mass is 367 g/mol. The van der Waals surface area contributed by atoms with Gasteiger partial charge in [0.05, 0.1) is 0 Å². The Morgan fingerprint density at radius 1 is 1.50 bits per heavy atom. The molecule has 1 saturated heterocycles. The third-order valence-corrected chi connectivity index (χ3v) is 5.40. The van der Waals surface area contributed by atoms with Crippen LogP contribution in [0.1, 0.15) is 24.8 Å². The molecule has 1 aromatic carbocycles. The van der Waals surface area contributed by atoms with Crippen molar-refractivity contribution in [2.24, 2.45) is 0 Å². The van der Waals surface area contributed by atoms with Crippen molar-refractivity contribution in [1.29, 1.82) is 0 Å². The molecular weight excluding hydrogens is 349 g/mol. The molecule has 1 aliphatic rings. The standard InChI is InChI=1S/C17H19ClFN3OS/c18-14-4-1-5-15(19)13(14)6-7-16(23)21-11-12-3-2-9-22(12)17-20-8-10-24-17/h1,4-5,8,10,12H,2-3,6-7,9,11H2,(H,21,23)/t12-/m0/s1. The lowest BCUT2D eigenvalue weighted by Crippen LogP contribution is -2.40. The number of halogens is 2. The van der Waals surface area contributed by atoms with Crippen molar-refractivity contribution in [3.05, 3.63) is 46.2 Å². The Labute approximate surface area is 149 Å². The molecule has 0 spiro atoms. The average Bonchev–Trinajstić information content (AvgIpc) is 3.23. The zero-order valence-corrected chi connectivity index (χ0v) is 14.7. The van der Waals surface area contributed by atoms with Crippen molar-refractivity contribution in [3.8, 4) is 0 Å². The molecule has 2 heterocycles. The number of aromatic nitrogens is 1. The lowest BCUT2D eigenvalue weighted by molar-refractivity contribution is -0.121. The summed E-state index contributed by atoms with van der Waals surface area (Å²) in [5.74, 6) is -0.443. The van der Waals surface area contributed by atoms with Crippen molar-refractivity contribution in [3.63, 3.8) is 0 Å². The van der Waals surface area contributed by atoms with E-state index in [2.05, 4.69) is 15.2 Å². The third kappa shape index (κ3) is 4.05. The van der Waals surface area contributed by atoms with Crippen molar-refractivity contribution >= 4 is 34.0 Å². The molecule has 3 rings (SSSR count). The number of amides is 1. The second kappa shape index (κ2) is 7.94. The molecule has 0 aliphatic carbocycles. The average molecular weight is 368 g/mol. The van der Waals surface area contributed by atoms with E-state index < -0.39 is 0 Å². The van der Waals surface area contributed by atoms with Gasteiger partial charge in [-0.1, -0.05) is 17.7 Å². The zero-order chi connectivity index (χ0) is 16.9. The summed E-state index contributed by atoms with van der Waals surface area (Å²) in [6.07, 6.45) is 4.47. The lowest BCUT2D eigenvalue weighted by atomic mass is 10.1. The van der Waals surface area contributed by atoms with E-state index in [-0.39, 0.29) is 24.2 Å². The lowest BCUT2D eigenvalue weighted by Gasteiger charge is -2.24. The molecular formula is C17H19ClFN3OS. The number of hydrogen-bond acceptors (Lipinski definition) is 4. The van der Waals surface area contributed by atoms with Gasteiger partial charge in [-0.25, -0.2) is 9.37 Å². The van der Waals surface area contributed by atoms with Gasteiger partial charge in [-0.05, 0) is 31.4 Å². The van der Waals surface area contributed by atoms with E-state index in [1.54, 1.807) is 29.7 Å². The summed E-state index contributed by atoms with van der Waals surface area (Å²) in [6.45, 7) is 1.56. The van der Waals surface area contributed by atoms with E-state index in [1.165, 1.54) is 6.07 Å². The first-order valence-electron chi connectivity index (χ1n) is 8.01. The Bertz CT molecular complexity index is 675. The summed E-state index contributed by atoms with van der Waals surface area (Å²) >= 11 is 7.60. The van der Waals surface area contributed by atoms with Crippen LogP contribution in [0.5, 0.6) is 0 Å². The second-order valence-electron chi connectivity index (χ2n) is 5.81. The molecule has 1 N–H and O–H groups in total. The highest BCUT2D eigenvalue weighted by molar-refractivity contribution is 7.13.